The van der Waals surface area contributed by atoms with E-state index in [9.17, 15) is 9.18 Å². The van der Waals surface area contributed by atoms with E-state index in [1.54, 1.807) is 12.1 Å². The molecule has 0 saturated carbocycles. The standard InChI is InChI=1S/C30H36FN5O2/c1-33(2)13-6-14-34-15-17-35(18-16-34)30-32-27-8-5-4-7-26(27)28(21-29(37)38-3)36(30)25-12-10-22-19-24(31)11-9-23(22)20-25/h4-5,7-12,19-20,28H,6,13-18,21H2,1-3H3. The largest absolute Gasteiger partial charge is 0.469 e. The highest BCUT2D eigenvalue weighted by atomic mass is 19.1. The van der Waals surface area contributed by atoms with Crippen LogP contribution in [0.3, 0.4) is 0 Å². The second-order valence-corrected chi connectivity index (χ2v) is 10.3. The number of rotatable bonds is 7. The van der Waals surface area contributed by atoms with Crippen LogP contribution in [0.4, 0.5) is 15.8 Å². The van der Waals surface area contributed by atoms with Gasteiger partial charge in [0.15, 0.2) is 0 Å². The van der Waals surface area contributed by atoms with Gasteiger partial charge in [-0.2, -0.15) is 0 Å². The molecule has 3 aromatic carbocycles. The molecule has 0 spiro atoms. The highest BCUT2D eigenvalue weighted by molar-refractivity contribution is 6.02. The van der Waals surface area contributed by atoms with Gasteiger partial charge >= 0.3 is 5.97 Å². The number of ether oxygens (including phenoxy) is 1. The molecule has 0 N–H and O–H groups in total. The van der Waals surface area contributed by atoms with Crippen molar-refractivity contribution in [1.29, 1.82) is 0 Å². The number of esters is 1. The van der Waals surface area contributed by atoms with E-state index < -0.39 is 0 Å². The Labute approximate surface area is 224 Å². The van der Waals surface area contributed by atoms with Crippen molar-refractivity contribution >= 4 is 34.1 Å². The second kappa shape index (κ2) is 11.5. The fraction of sp³-hybridized carbons (Fsp3) is 0.400. The number of guanidine groups is 1. The quantitative estimate of drug-likeness (QED) is 0.425. The zero-order valence-corrected chi connectivity index (χ0v) is 22.4. The average molecular weight is 518 g/mol. The molecule has 7 nitrogen and oxygen atoms in total. The predicted molar refractivity (Wildman–Crippen MR) is 150 cm³/mol. The molecule has 2 heterocycles. The number of aliphatic imine (C=N–C) groups is 1. The van der Waals surface area contributed by atoms with E-state index in [0.29, 0.717) is 0 Å². The minimum absolute atomic E-state index is 0.193. The van der Waals surface area contributed by atoms with E-state index >= 15 is 0 Å². The minimum atomic E-state index is -0.276. The number of piperazine rings is 1. The molecule has 1 unspecified atom stereocenters. The molecule has 1 saturated heterocycles. The Morgan fingerprint density at radius 2 is 1.76 bits per heavy atom. The summed E-state index contributed by atoms with van der Waals surface area (Å²) >= 11 is 0. The van der Waals surface area contributed by atoms with Crippen LogP contribution in [0.1, 0.15) is 24.4 Å². The molecule has 1 fully saturated rings. The topological polar surface area (TPSA) is 51.6 Å². The summed E-state index contributed by atoms with van der Waals surface area (Å²) in [7, 11) is 5.65. The summed E-state index contributed by atoms with van der Waals surface area (Å²) in [5.41, 5.74) is 2.78. The number of benzene rings is 3. The smallest absolute Gasteiger partial charge is 0.307 e. The Hall–Kier alpha value is -3.49. The van der Waals surface area contributed by atoms with Crippen molar-refractivity contribution in [3.8, 4) is 0 Å². The molecule has 0 bridgehead atoms. The molecule has 0 aromatic heterocycles. The monoisotopic (exact) mass is 517 g/mol. The third-order valence-corrected chi connectivity index (χ3v) is 7.43. The number of fused-ring (bicyclic) bond motifs is 2. The van der Waals surface area contributed by atoms with Crippen LogP contribution in [0.25, 0.3) is 10.8 Å². The highest BCUT2D eigenvalue weighted by Crippen LogP contribution is 2.41. The summed E-state index contributed by atoms with van der Waals surface area (Å²) in [5.74, 6) is 0.308. The van der Waals surface area contributed by atoms with E-state index in [1.165, 1.54) is 13.2 Å². The summed E-state index contributed by atoms with van der Waals surface area (Å²) in [4.78, 5) is 27.0. The first-order chi connectivity index (χ1) is 18.4. The number of anilines is 1. The minimum Gasteiger partial charge on any atom is -0.469 e. The maximum Gasteiger partial charge on any atom is 0.307 e. The molecule has 8 heteroatoms. The molecule has 38 heavy (non-hydrogen) atoms. The molecule has 3 aromatic rings. The molecule has 2 aliphatic rings. The number of carbonyl (C=O) groups is 1. The lowest BCUT2D eigenvalue weighted by Crippen LogP contribution is -2.55. The lowest BCUT2D eigenvalue weighted by molar-refractivity contribution is -0.141. The summed E-state index contributed by atoms with van der Waals surface area (Å²) in [5, 5.41) is 1.77. The Bertz CT molecular complexity index is 1320. The number of para-hydroxylation sites is 1. The van der Waals surface area contributed by atoms with Gasteiger partial charge in [0.05, 0.1) is 25.3 Å². The fourth-order valence-corrected chi connectivity index (χ4v) is 5.41. The van der Waals surface area contributed by atoms with E-state index in [1.807, 2.05) is 36.4 Å². The summed E-state index contributed by atoms with van der Waals surface area (Å²) in [6.45, 7) is 5.78. The van der Waals surface area contributed by atoms with Gasteiger partial charge in [0.1, 0.15) is 5.82 Å². The lowest BCUT2D eigenvalue weighted by Gasteiger charge is -2.45. The highest BCUT2D eigenvalue weighted by Gasteiger charge is 2.36. The SMILES string of the molecule is COC(=O)CC1c2ccccc2N=C(N2CCN(CCCN(C)C)CC2)N1c1ccc2cc(F)ccc2c1. The van der Waals surface area contributed by atoms with Gasteiger partial charge in [-0.1, -0.05) is 30.3 Å². The van der Waals surface area contributed by atoms with E-state index in [2.05, 4.69) is 39.8 Å². The summed E-state index contributed by atoms with van der Waals surface area (Å²) in [6.07, 6.45) is 1.34. The molecular formula is C30H36FN5O2. The maximum atomic E-state index is 13.9. The van der Waals surface area contributed by atoms with Crippen LogP contribution in [0.15, 0.2) is 65.7 Å². The Morgan fingerprint density at radius 1 is 1.03 bits per heavy atom. The van der Waals surface area contributed by atoms with E-state index in [-0.39, 0.29) is 24.2 Å². The number of methoxy groups -OCH3 is 1. The van der Waals surface area contributed by atoms with E-state index in [0.717, 1.165) is 79.4 Å². The van der Waals surface area contributed by atoms with Crippen LogP contribution in [0, 0.1) is 5.82 Å². The van der Waals surface area contributed by atoms with Gasteiger partial charge in [-0.3, -0.25) is 9.69 Å². The molecule has 0 amide bonds. The van der Waals surface area contributed by atoms with E-state index in [4.69, 9.17) is 9.73 Å². The molecule has 5 rings (SSSR count). The molecule has 0 aliphatic carbocycles. The zero-order valence-electron chi connectivity index (χ0n) is 22.4. The van der Waals surface area contributed by atoms with Crippen LogP contribution in [0.2, 0.25) is 0 Å². The van der Waals surface area contributed by atoms with Crippen LogP contribution < -0.4 is 4.90 Å². The van der Waals surface area contributed by atoms with Gasteiger partial charge in [0, 0.05) is 37.4 Å². The first kappa shape index (κ1) is 26.1. The third-order valence-electron chi connectivity index (χ3n) is 7.43. The molecular weight excluding hydrogens is 481 g/mol. The third kappa shape index (κ3) is 5.66. The number of halogens is 1. The van der Waals surface area contributed by atoms with Crippen molar-refractivity contribution < 1.29 is 13.9 Å². The Balaban J connectivity index is 1.50. The maximum absolute atomic E-state index is 13.9. The van der Waals surface area contributed by atoms with Crippen LogP contribution in [-0.4, -0.2) is 87.1 Å². The predicted octanol–water partition coefficient (Wildman–Crippen LogP) is 4.66. The van der Waals surface area contributed by atoms with Gasteiger partial charge in [-0.15, -0.1) is 0 Å². The number of hydrogen-bond donors (Lipinski definition) is 0. The van der Waals surface area contributed by atoms with Crippen molar-refractivity contribution in [2.45, 2.75) is 18.9 Å². The van der Waals surface area contributed by atoms with Crippen molar-refractivity contribution in [2.75, 3.05) is 65.4 Å². The number of carbonyl (C=O) groups excluding carboxylic acids is 1. The molecule has 2 aliphatic heterocycles. The normalized spacial score (nSPS) is 18.0. The zero-order chi connectivity index (χ0) is 26.6. The Morgan fingerprint density at radius 3 is 2.53 bits per heavy atom. The van der Waals surface area contributed by atoms with Gasteiger partial charge in [0.2, 0.25) is 5.96 Å². The average Bonchev–Trinajstić information content (AvgIpc) is 2.92. The van der Waals surface area contributed by atoms with Crippen molar-refractivity contribution in [3.05, 3.63) is 72.0 Å². The van der Waals surface area contributed by atoms with Gasteiger partial charge in [-0.25, -0.2) is 9.38 Å². The van der Waals surface area contributed by atoms with Crippen LogP contribution in [0.5, 0.6) is 0 Å². The van der Waals surface area contributed by atoms with Gasteiger partial charge in [-0.05, 0) is 74.7 Å². The van der Waals surface area contributed by atoms with Gasteiger partial charge < -0.3 is 19.4 Å². The summed E-state index contributed by atoms with van der Waals surface area (Å²) < 4.78 is 19.0. The number of nitrogens with zero attached hydrogens (tertiary/aromatic N) is 5. The number of hydrogen-bond acceptors (Lipinski definition) is 7. The molecule has 1 atom stereocenters. The van der Waals surface area contributed by atoms with Crippen molar-refractivity contribution in [3.63, 3.8) is 0 Å². The summed E-state index contributed by atoms with van der Waals surface area (Å²) in [6, 6.07) is 18.5. The first-order valence-electron chi connectivity index (χ1n) is 13.3. The van der Waals surface area contributed by atoms with Crippen molar-refractivity contribution in [2.24, 2.45) is 4.99 Å². The van der Waals surface area contributed by atoms with Crippen LogP contribution >= 0.6 is 0 Å². The van der Waals surface area contributed by atoms with Gasteiger partial charge in [0.25, 0.3) is 0 Å². The van der Waals surface area contributed by atoms with Crippen molar-refractivity contribution in [1.82, 2.24) is 14.7 Å². The second-order valence-electron chi connectivity index (χ2n) is 10.3. The first-order valence-corrected chi connectivity index (χ1v) is 13.3. The van der Waals surface area contributed by atoms with Crippen LogP contribution in [-0.2, 0) is 9.53 Å². The molecule has 0 radical (unpaired) electrons. The fourth-order valence-electron chi connectivity index (χ4n) is 5.41. The Kier molecular flexibility index (Phi) is 7.90. The molecule has 200 valence electrons. The lowest BCUT2D eigenvalue weighted by atomic mass is 9.97.